The minimum Gasteiger partial charge on any atom is -0.469 e. The van der Waals surface area contributed by atoms with Gasteiger partial charge < -0.3 is 9.64 Å². The van der Waals surface area contributed by atoms with Crippen molar-refractivity contribution >= 4 is 11.7 Å². The molecule has 0 fully saturated rings. The number of methoxy groups -OCH3 is 1. The van der Waals surface area contributed by atoms with Crippen molar-refractivity contribution in [2.75, 3.05) is 25.6 Å². The quantitative estimate of drug-likeness (QED) is 0.597. The number of hydrogen-bond acceptors (Lipinski definition) is 4. The van der Waals surface area contributed by atoms with Crippen LogP contribution in [0, 0.1) is 17.6 Å². The Balaban J connectivity index is 2.21. The Kier molecular flexibility index (Phi) is 5.78. The summed E-state index contributed by atoms with van der Waals surface area (Å²) in [6, 6.07) is 5.02. The summed E-state index contributed by atoms with van der Waals surface area (Å²) in [6.45, 7) is 0.267. The third kappa shape index (κ3) is 4.04. The molecule has 0 aliphatic heterocycles. The minimum absolute atomic E-state index is 0.0233. The van der Waals surface area contributed by atoms with E-state index >= 15 is 0 Å². The maximum Gasteiger partial charge on any atom is 0.305 e. The number of esters is 1. The summed E-state index contributed by atoms with van der Waals surface area (Å²) in [4.78, 5) is 15.9. The molecule has 24 heavy (non-hydrogen) atoms. The zero-order valence-electron chi connectivity index (χ0n) is 13.4. The molecule has 0 amide bonds. The first-order valence-electron chi connectivity index (χ1n) is 7.32. The summed E-state index contributed by atoms with van der Waals surface area (Å²) in [6.07, 6.45) is 1.80. The summed E-state index contributed by atoms with van der Waals surface area (Å²) >= 11 is 0. The van der Waals surface area contributed by atoms with Crippen LogP contribution in [0.15, 0.2) is 30.5 Å². The Hall–Kier alpha value is -2.57. The molecule has 128 valence electrons. The molecule has 0 spiro atoms. The number of ether oxygens (including phenoxy) is 1. The number of halogens is 3. The molecule has 1 aromatic carbocycles. The molecule has 0 saturated carbocycles. The average molecular weight is 338 g/mol. The van der Waals surface area contributed by atoms with E-state index in [1.54, 1.807) is 0 Å². The van der Waals surface area contributed by atoms with Crippen molar-refractivity contribution in [1.82, 2.24) is 4.98 Å². The monoisotopic (exact) mass is 338 g/mol. The number of aromatic nitrogens is 1. The first-order chi connectivity index (χ1) is 11.4. The summed E-state index contributed by atoms with van der Waals surface area (Å²) in [5.41, 5.74) is -0.134. The number of nitrogens with zero attached hydrogens (tertiary/aromatic N) is 2. The maximum atomic E-state index is 14.3. The van der Waals surface area contributed by atoms with Crippen LogP contribution in [0.3, 0.4) is 0 Å². The summed E-state index contributed by atoms with van der Waals surface area (Å²) in [5.74, 6) is -2.80. The highest BCUT2D eigenvalue weighted by molar-refractivity contribution is 5.69. The Morgan fingerprint density at radius 3 is 2.50 bits per heavy atom. The Labute approximate surface area is 137 Å². The zero-order valence-corrected chi connectivity index (χ0v) is 13.4. The van der Waals surface area contributed by atoms with E-state index in [4.69, 9.17) is 0 Å². The van der Waals surface area contributed by atoms with Gasteiger partial charge in [-0.3, -0.25) is 4.79 Å². The Morgan fingerprint density at radius 2 is 1.92 bits per heavy atom. The van der Waals surface area contributed by atoms with Crippen LogP contribution in [0.25, 0.3) is 11.1 Å². The lowest BCUT2D eigenvalue weighted by Crippen LogP contribution is -2.22. The van der Waals surface area contributed by atoms with E-state index in [2.05, 4.69) is 9.72 Å². The molecular weight excluding hydrogens is 321 g/mol. The second-order valence-electron chi connectivity index (χ2n) is 5.23. The normalized spacial score (nSPS) is 10.5. The first kappa shape index (κ1) is 17.8. The van der Waals surface area contributed by atoms with E-state index in [0.717, 1.165) is 12.1 Å². The molecule has 0 atom stereocenters. The molecule has 0 aliphatic carbocycles. The first-order valence-corrected chi connectivity index (χ1v) is 7.32. The zero-order chi connectivity index (χ0) is 17.7. The lowest BCUT2D eigenvalue weighted by Gasteiger charge is -2.21. The molecule has 0 N–H and O–H groups in total. The fraction of sp³-hybridized carbons (Fsp3) is 0.294. The van der Waals surface area contributed by atoms with Gasteiger partial charge in [0.25, 0.3) is 0 Å². The minimum atomic E-state index is -0.811. The highest BCUT2D eigenvalue weighted by atomic mass is 19.1. The average Bonchev–Trinajstić information content (AvgIpc) is 2.54. The van der Waals surface area contributed by atoms with Gasteiger partial charge in [0, 0.05) is 31.8 Å². The van der Waals surface area contributed by atoms with Gasteiger partial charge in [0.1, 0.15) is 17.3 Å². The molecule has 0 unspecified atom stereocenters. The number of rotatable bonds is 6. The van der Waals surface area contributed by atoms with Gasteiger partial charge in [0.15, 0.2) is 0 Å². The van der Waals surface area contributed by atoms with Crippen molar-refractivity contribution in [2.24, 2.45) is 0 Å². The van der Waals surface area contributed by atoms with Crippen molar-refractivity contribution in [3.8, 4) is 11.1 Å². The van der Waals surface area contributed by atoms with E-state index < -0.39 is 17.6 Å². The fourth-order valence-electron chi connectivity index (χ4n) is 2.36. The smallest absolute Gasteiger partial charge is 0.305 e. The van der Waals surface area contributed by atoms with Gasteiger partial charge in [-0.1, -0.05) is 0 Å². The number of carbonyl (C=O) groups excluding carboxylic acids is 1. The fourth-order valence-corrected chi connectivity index (χ4v) is 2.36. The van der Waals surface area contributed by atoms with E-state index in [1.807, 2.05) is 0 Å². The molecule has 0 radical (unpaired) electrons. The molecule has 2 rings (SSSR count). The van der Waals surface area contributed by atoms with E-state index in [-0.39, 0.29) is 35.7 Å². The summed E-state index contributed by atoms with van der Waals surface area (Å²) < 4.78 is 46.8. The molecule has 2 aromatic rings. The summed E-state index contributed by atoms with van der Waals surface area (Å²) in [7, 11) is 2.80. The van der Waals surface area contributed by atoms with Gasteiger partial charge in [-0.05, 0) is 36.2 Å². The largest absolute Gasteiger partial charge is 0.469 e. The van der Waals surface area contributed by atoms with Crippen LogP contribution >= 0.6 is 0 Å². The maximum absolute atomic E-state index is 14.3. The van der Waals surface area contributed by atoms with Crippen LogP contribution in [0.2, 0.25) is 0 Å². The van der Waals surface area contributed by atoms with Gasteiger partial charge in [-0.25, -0.2) is 13.8 Å². The van der Waals surface area contributed by atoms with Crippen molar-refractivity contribution in [3.63, 3.8) is 0 Å². The van der Waals surface area contributed by atoms with E-state index in [1.165, 1.54) is 37.4 Å². The second kappa shape index (κ2) is 7.81. The van der Waals surface area contributed by atoms with Gasteiger partial charge in [0.05, 0.1) is 7.11 Å². The van der Waals surface area contributed by atoms with Crippen molar-refractivity contribution in [3.05, 3.63) is 48.0 Å². The molecule has 0 saturated heterocycles. The molecular formula is C17H17F3N2O2. The third-order valence-corrected chi connectivity index (χ3v) is 3.57. The SMILES string of the molecule is COC(=O)CCCN(C)c1c(F)cc(-c2cccnc2F)cc1F. The number of hydrogen-bond donors (Lipinski definition) is 0. The van der Waals surface area contributed by atoms with Gasteiger partial charge >= 0.3 is 5.97 Å². The van der Waals surface area contributed by atoms with Crippen LogP contribution in [-0.4, -0.2) is 31.7 Å². The number of carbonyl (C=O) groups is 1. The van der Waals surface area contributed by atoms with Crippen LogP contribution in [0.5, 0.6) is 0 Å². The predicted octanol–water partition coefficient (Wildman–Crippen LogP) is 3.56. The Bertz CT molecular complexity index is 715. The number of benzene rings is 1. The van der Waals surface area contributed by atoms with Crippen molar-refractivity contribution in [1.29, 1.82) is 0 Å². The van der Waals surface area contributed by atoms with Crippen molar-refractivity contribution < 1.29 is 22.7 Å². The highest BCUT2D eigenvalue weighted by Gasteiger charge is 2.17. The Morgan fingerprint density at radius 1 is 1.25 bits per heavy atom. The molecule has 1 heterocycles. The lowest BCUT2D eigenvalue weighted by atomic mass is 10.1. The predicted molar refractivity (Wildman–Crippen MR) is 84.1 cm³/mol. The molecule has 4 nitrogen and oxygen atoms in total. The van der Waals surface area contributed by atoms with Crippen molar-refractivity contribution in [2.45, 2.75) is 12.8 Å². The van der Waals surface area contributed by atoms with Crippen LogP contribution in [0.1, 0.15) is 12.8 Å². The van der Waals surface area contributed by atoms with Crippen LogP contribution in [-0.2, 0) is 9.53 Å². The molecule has 0 bridgehead atoms. The number of anilines is 1. The molecule has 1 aromatic heterocycles. The third-order valence-electron chi connectivity index (χ3n) is 3.57. The van der Waals surface area contributed by atoms with Crippen LogP contribution in [0.4, 0.5) is 18.9 Å². The molecule has 7 heteroatoms. The van der Waals surface area contributed by atoms with E-state index in [9.17, 15) is 18.0 Å². The number of pyridine rings is 1. The summed E-state index contributed by atoms with van der Waals surface area (Å²) in [5, 5.41) is 0. The van der Waals surface area contributed by atoms with Gasteiger partial charge in [0.2, 0.25) is 5.95 Å². The standard InChI is InChI=1S/C17H17F3N2O2/c1-22(8-4-6-15(23)24-2)16-13(18)9-11(10-14(16)19)12-5-3-7-21-17(12)20/h3,5,7,9-10H,4,6,8H2,1-2H3. The van der Waals surface area contributed by atoms with Crippen LogP contribution < -0.4 is 4.90 Å². The highest BCUT2D eigenvalue weighted by Crippen LogP contribution is 2.30. The van der Waals surface area contributed by atoms with E-state index in [0.29, 0.717) is 6.42 Å². The van der Waals surface area contributed by atoms with Gasteiger partial charge in [-0.15, -0.1) is 0 Å². The topological polar surface area (TPSA) is 42.4 Å². The lowest BCUT2D eigenvalue weighted by molar-refractivity contribution is -0.140. The molecule has 0 aliphatic rings. The van der Waals surface area contributed by atoms with Gasteiger partial charge in [-0.2, -0.15) is 4.39 Å². The second-order valence-corrected chi connectivity index (χ2v) is 5.23.